The molecule has 0 heterocycles. The van der Waals surface area contributed by atoms with Crippen LogP contribution in [-0.4, -0.2) is 6.61 Å². The molecule has 0 bridgehead atoms. The molecule has 3 heteroatoms. The van der Waals surface area contributed by atoms with E-state index in [2.05, 4.69) is 47.1 Å². The maximum absolute atomic E-state index is 6.55. The third-order valence-corrected chi connectivity index (χ3v) is 4.30. The smallest absolute Gasteiger partial charge is 0.133 e. The normalized spacial score (nSPS) is 12.2. The molecule has 0 aliphatic carbocycles. The van der Waals surface area contributed by atoms with E-state index < -0.39 is 0 Å². The van der Waals surface area contributed by atoms with Crippen LogP contribution in [0.1, 0.15) is 29.0 Å². The highest BCUT2D eigenvalue weighted by Crippen LogP contribution is 2.32. The molecule has 0 spiro atoms. The Morgan fingerprint density at radius 1 is 1.20 bits per heavy atom. The summed E-state index contributed by atoms with van der Waals surface area (Å²) in [7, 11) is 0. The first-order valence-electron chi connectivity index (χ1n) is 6.72. The van der Waals surface area contributed by atoms with Crippen LogP contribution >= 0.6 is 27.5 Å². The van der Waals surface area contributed by atoms with Crippen LogP contribution in [0.4, 0.5) is 0 Å². The van der Waals surface area contributed by atoms with Crippen molar-refractivity contribution in [3.8, 4) is 5.75 Å². The molecule has 0 radical (unpaired) electrons. The third-order valence-electron chi connectivity index (χ3n) is 3.28. The summed E-state index contributed by atoms with van der Waals surface area (Å²) in [5.41, 5.74) is 3.67. The van der Waals surface area contributed by atoms with Crippen LogP contribution in [0.25, 0.3) is 0 Å². The SMILES string of the molecule is CCOc1ccc(C(Cl)Cc2ccccc2C)cc1Br. The van der Waals surface area contributed by atoms with Crippen LogP contribution in [0.2, 0.25) is 0 Å². The summed E-state index contributed by atoms with van der Waals surface area (Å²) in [6.07, 6.45) is 0.828. The molecule has 2 rings (SSSR count). The number of aryl methyl sites for hydroxylation is 1. The Balaban J connectivity index is 2.15. The third kappa shape index (κ3) is 3.77. The molecule has 0 aliphatic rings. The molecule has 106 valence electrons. The van der Waals surface area contributed by atoms with Gasteiger partial charge in [0.2, 0.25) is 0 Å². The average Bonchev–Trinajstić information content (AvgIpc) is 2.43. The monoisotopic (exact) mass is 352 g/mol. The van der Waals surface area contributed by atoms with E-state index in [9.17, 15) is 0 Å². The lowest BCUT2D eigenvalue weighted by molar-refractivity contribution is 0.338. The lowest BCUT2D eigenvalue weighted by Gasteiger charge is -2.14. The molecule has 0 amide bonds. The van der Waals surface area contributed by atoms with Crippen molar-refractivity contribution in [2.45, 2.75) is 25.6 Å². The molecular weight excluding hydrogens is 336 g/mol. The van der Waals surface area contributed by atoms with E-state index in [0.29, 0.717) is 6.61 Å². The minimum absolute atomic E-state index is 0.0388. The van der Waals surface area contributed by atoms with Gasteiger partial charge in [0.1, 0.15) is 5.75 Å². The molecule has 2 aromatic carbocycles. The average molecular weight is 354 g/mol. The van der Waals surface area contributed by atoms with Gasteiger partial charge >= 0.3 is 0 Å². The maximum atomic E-state index is 6.55. The highest BCUT2D eigenvalue weighted by atomic mass is 79.9. The Hall–Kier alpha value is -0.990. The Bertz CT molecular complexity index is 583. The first kappa shape index (κ1) is 15.4. The second-order valence-electron chi connectivity index (χ2n) is 4.72. The number of halogens is 2. The zero-order chi connectivity index (χ0) is 14.5. The molecule has 0 saturated carbocycles. The number of benzene rings is 2. The molecule has 0 N–H and O–H groups in total. The Kier molecular flexibility index (Phi) is 5.50. The van der Waals surface area contributed by atoms with Gasteiger partial charge in [-0.05, 0) is 65.0 Å². The fourth-order valence-electron chi connectivity index (χ4n) is 2.13. The number of rotatable bonds is 5. The number of hydrogen-bond donors (Lipinski definition) is 0. The van der Waals surface area contributed by atoms with Crippen molar-refractivity contribution < 1.29 is 4.74 Å². The minimum atomic E-state index is -0.0388. The van der Waals surface area contributed by atoms with Crippen molar-refractivity contribution in [3.05, 3.63) is 63.6 Å². The van der Waals surface area contributed by atoms with Crippen LogP contribution < -0.4 is 4.74 Å². The number of alkyl halides is 1. The summed E-state index contributed by atoms with van der Waals surface area (Å²) in [4.78, 5) is 0. The molecule has 2 aromatic rings. The fraction of sp³-hybridized carbons (Fsp3) is 0.294. The van der Waals surface area contributed by atoms with Gasteiger partial charge in [0.25, 0.3) is 0 Å². The number of hydrogen-bond acceptors (Lipinski definition) is 1. The van der Waals surface area contributed by atoms with E-state index in [1.165, 1.54) is 11.1 Å². The van der Waals surface area contributed by atoms with E-state index in [1.807, 2.05) is 25.1 Å². The molecule has 1 unspecified atom stereocenters. The lowest BCUT2D eigenvalue weighted by Crippen LogP contribution is -1.99. The Morgan fingerprint density at radius 3 is 2.60 bits per heavy atom. The molecule has 1 atom stereocenters. The predicted octanol–water partition coefficient (Wildman–Crippen LogP) is 5.68. The maximum Gasteiger partial charge on any atom is 0.133 e. The van der Waals surface area contributed by atoms with E-state index in [1.54, 1.807) is 0 Å². The van der Waals surface area contributed by atoms with Crippen molar-refractivity contribution in [1.29, 1.82) is 0 Å². The first-order chi connectivity index (χ1) is 9.61. The molecular formula is C17H18BrClO. The standard InChI is InChI=1S/C17H18BrClO/c1-3-20-17-9-8-14(10-15(17)18)16(19)11-13-7-5-4-6-12(13)2/h4-10,16H,3,11H2,1-2H3. The van der Waals surface area contributed by atoms with Crippen LogP contribution in [0, 0.1) is 6.92 Å². The van der Waals surface area contributed by atoms with Gasteiger partial charge in [-0.1, -0.05) is 30.3 Å². The molecule has 0 saturated heterocycles. The van der Waals surface area contributed by atoms with Crippen molar-refractivity contribution in [2.24, 2.45) is 0 Å². The van der Waals surface area contributed by atoms with Crippen LogP contribution in [0.5, 0.6) is 5.75 Å². The van der Waals surface area contributed by atoms with Gasteiger partial charge in [-0.25, -0.2) is 0 Å². The van der Waals surface area contributed by atoms with Crippen molar-refractivity contribution in [2.75, 3.05) is 6.61 Å². The van der Waals surface area contributed by atoms with Gasteiger partial charge in [0, 0.05) is 0 Å². The topological polar surface area (TPSA) is 9.23 Å². The van der Waals surface area contributed by atoms with Gasteiger partial charge in [0.05, 0.1) is 16.5 Å². The van der Waals surface area contributed by atoms with E-state index in [4.69, 9.17) is 16.3 Å². The largest absolute Gasteiger partial charge is 0.493 e. The van der Waals surface area contributed by atoms with Gasteiger partial charge in [0.15, 0.2) is 0 Å². The van der Waals surface area contributed by atoms with Gasteiger partial charge in [-0.2, -0.15) is 0 Å². The second kappa shape index (κ2) is 7.14. The van der Waals surface area contributed by atoms with Crippen LogP contribution in [0.3, 0.4) is 0 Å². The highest BCUT2D eigenvalue weighted by molar-refractivity contribution is 9.10. The summed E-state index contributed by atoms with van der Waals surface area (Å²) >= 11 is 10.1. The van der Waals surface area contributed by atoms with Crippen molar-refractivity contribution in [1.82, 2.24) is 0 Å². The predicted molar refractivity (Wildman–Crippen MR) is 88.8 cm³/mol. The second-order valence-corrected chi connectivity index (χ2v) is 6.10. The highest BCUT2D eigenvalue weighted by Gasteiger charge is 2.12. The van der Waals surface area contributed by atoms with Crippen LogP contribution in [0.15, 0.2) is 46.9 Å². The summed E-state index contributed by atoms with van der Waals surface area (Å²) in [5.74, 6) is 0.857. The van der Waals surface area contributed by atoms with Gasteiger partial charge in [-0.3, -0.25) is 0 Å². The lowest BCUT2D eigenvalue weighted by atomic mass is 10.0. The zero-order valence-electron chi connectivity index (χ0n) is 11.7. The van der Waals surface area contributed by atoms with E-state index in [0.717, 1.165) is 22.2 Å². The Labute approximate surface area is 134 Å². The van der Waals surface area contributed by atoms with Gasteiger partial charge in [-0.15, -0.1) is 11.6 Å². The summed E-state index contributed by atoms with van der Waals surface area (Å²) in [6, 6.07) is 14.4. The fourth-order valence-corrected chi connectivity index (χ4v) is 2.95. The zero-order valence-corrected chi connectivity index (χ0v) is 14.0. The summed E-state index contributed by atoms with van der Waals surface area (Å²) in [5, 5.41) is -0.0388. The molecule has 0 aromatic heterocycles. The Morgan fingerprint density at radius 2 is 1.95 bits per heavy atom. The summed E-state index contributed by atoms with van der Waals surface area (Å²) in [6.45, 7) is 4.75. The number of ether oxygens (including phenoxy) is 1. The van der Waals surface area contributed by atoms with Gasteiger partial charge < -0.3 is 4.74 Å². The van der Waals surface area contributed by atoms with Crippen molar-refractivity contribution in [3.63, 3.8) is 0 Å². The molecule has 0 fully saturated rings. The molecule has 0 aliphatic heterocycles. The van der Waals surface area contributed by atoms with E-state index in [-0.39, 0.29) is 5.38 Å². The van der Waals surface area contributed by atoms with Crippen molar-refractivity contribution >= 4 is 27.5 Å². The van der Waals surface area contributed by atoms with Crippen LogP contribution in [-0.2, 0) is 6.42 Å². The quantitative estimate of drug-likeness (QED) is 0.628. The molecule has 20 heavy (non-hydrogen) atoms. The van der Waals surface area contributed by atoms with E-state index >= 15 is 0 Å². The minimum Gasteiger partial charge on any atom is -0.493 e. The first-order valence-corrected chi connectivity index (χ1v) is 7.95. The summed E-state index contributed by atoms with van der Waals surface area (Å²) < 4.78 is 6.47. The molecule has 1 nitrogen and oxygen atoms in total.